The van der Waals surface area contributed by atoms with Crippen molar-refractivity contribution in [1.82, 2.24) is 15.5 Å². The number of nitrogens with one attached hydrogen (secondary N) is 2. The second kappa shape index (κ2) is 7.99. The first kappa shape index (κ1) is 15.8. The minimum atomic E-state index is -0.895. The van der Waals surface area contributed by atoms with Crippen molar-refractivity contribution in [3.8, 4) is 0 Å². The van der Waals surface area contributed by atoms with Crippen molar-refractivity contribution in [2.24, 2.45) is 5.92 Å². The lowest BCUT2D eigenvalue weighted by Crippen LogP contribution is -2.48. The van der Waals surface area contributed by atoms with Gasteiger partial charge in [0.2, 0.25) is 0 Å². The summed E-state index contributed by atoms with van der Waals surface area (Å²) in [5.74, 6) is -1.45. The number of likely N-dealkylation sites (tertiary alicyclic amines) is 1. The Morgan fingerprint density at radius 3 is 2.53 bits per heavy atom. The molecule has 6 nitrogen and oxygen atoms in total. The Hall–Kier alpha value is -1.30. The first-order valence-electron chi connectivity index (χ1n) is 7.02. The van der Waals surface area contributed by atoms with Gasteiger partial charge in [0, 0.05) is 25.7 Å². The van der Waals surface area contributed by atoms with Crippen LogP contribution in [0.5, 0.6) is 0 Å². The Morgan fingerprint density at radius 2 is 2.00 bits per heavy atom. The van der Waals surface area contributed by atoms with Crippen LogP contribution in [-0.4, -0.2) is 54.2 Å². The number of hydrogen-bond acceptors (Lipinski definition) is 3. The summed E-state index contributed by atoms with van der Waals surface area (Å²) in [7, 11) is 0. The molecule has 1 aliphatic heterocycles. The van der Waals surface area contributed by atoms with E-state index in [1.807, 2.05) is 0 Å². The lowest BCUT2D eigenvalue weighted by atomic mass is 10.1. The van der Waals surface area contributed by atoms with Crippen molar-refractivity contribution in [2.75, 3.05) is 26.2 Å². The van der Waals surface area contributed by atoms with E-state index in [-0.39, 0.29) is 18.6 Å². The highest BCUT2D eigenvalue weighted by Gasteiger charge is 2.20. The molecule has 0 bridgehead atoms. The highest BCUT2D eigenvalue weighted by Crippen LogP contribution is 2.10. The number of aliphatic carboxylic acids is 1. The Kier molecular flexibility index (Phi) is 6.62. The molecule has 1 unspecified atom stereocenters. The van der Waals surface area contributed by atoms with Gasteiger partial charge >= 0.3 is 12.0 Å². The van der Waals surface area contributed by atoms with Crippen LogP contribution in [0, 0.1) is 5.92 Å². The van der Waals surface area contributed by atoms with Gasteiger partial charge in [-0.15, -0.1) is 0 Å². The van der Waals surface area contributed by atoms with Gasteiger partial charge < -0.3 is 20.6 Å². The fourth-order valence-corrected chi connectivity index (χ4v) is 2.19. The molecule has 1 heterocycles. The topological polar surface area (TPSA) is 81.7 Å². The molecule has 2 amide bonds. The lowest BCUT2D eigenvalue weighted by Gasteiger charge is -2.32. The number of piperidine rings is 1. The molecule has 0 spiro atoms. The van der Waals surface area contributed by atoms with Crippen LogP contribution in [0.2, 0.25) is 0 Å². The van der Waals surface area contributed by atoms with Crippen molar-refractivity contribution in [3.63, 3.8) is 0 Å². The molecule has 1 rings (SSSR count). The number of rotatable bonds is 6. The van der Waals surface area contributed by atoms with Crippen LogP contribution in [0.4, 0.5) is 4.79 Å². The predicted molar refractivity (Wildman–Crippen MR) is 73.1 cm³/mol. The number of carboxylic acid groups (broad SMARTS) is 1. The normalized spacial score (nSPS) is 18.8. The van der Waals surface area contributed by atoms with E-state index in [9.17, 15) is 9.59 Å². The van der Waals surface area contributed by atoms with E-state index >= 15 is 0 Å². The van der Waals surface area contributed by atoms with E-state index in [4.69, 9.17) is 5.11 Å². The summed E-state index contributed by atoms with van der Waals surface area (Å²) in [6.07, 6.45) is 3.08. The third-order valence-electron chi connectivity index (χ3n) is 3.45. The second-order valence-corrected chi connectivity index (χ2v) is 5.21. The zero-order valence-corrected chi connectivity index (χ0v) is 11.8. The van der Waals surface area contributed by atoms with Crippen molar-refractivity contribution >= 4 is 12.0 Å². The Labute approximate surface area is 114 Å². The third-order valence-corrected chi connectivity index (χ3v) is 3.45. The number of nitrogens with zero attached hydrogens (tertiary/aromatic N) is 1. The van der Waals surface area contributed by atoms with Gasteiger partial charge in [-0.2, -0.15) is 0 Å². The standard InChI is InChI=1S/C13H25N3O3/c1-3-6-16-7-4-11(5-8-16)15-13(19)14-9-10(2)12(17)18/h10-11H,3-9H2,1-2H3,(H,17,18)(H2,14,15,19). The van der Waals surface area contributed by atoms with Crippen LogP contribution in [0.15, 0.2) is 0 Å². The Morgan fingerprint density at radius 1 is 1.37 bits per heavy atom. The van der Waals surface area contributed by atoms with Crippen molar-refractivity contribution in [3.05, 3.63) is 0 Å². The van der Waals surface area contributed by atoms with Crippen molar-refractivity contribution in [2.45, 2.75) is 39.2 Å². The molecule has 6 heteroatoms. The fraction of sp³-hybridized carbons (Fsp3) is 0.846. The lowest BCUT2D eigenvalue weighted by molar-refractivity contribution is -0.140. The molecule has 1 aliphatic rings. The maximum absolute atomic E-state index is 11.6. The molecule has 0 aromatic heterocycles. The number of carbonyl (C=O) groups is 2. The van der Waals surface area contributed by atoms with Gasteiger partial charge in [-0.3, -0.25) is 4.79 Å². The SMILES string of the molecule is CCCN1CCC(NC(=O)NCC(C)C(=O)O)CC1. The first-order valence-corrected chi connectivity index (χ1v) is 7.02. The van der Waals surface area contributed by atoms with Crippen molar-refractivity contribution < 1.29 is 14.7 Å². The minimum absolute atomic E-state index is 0.163. The third kappa shape index (κ3) is 5.92. The molecular weight excluding hydrogens is 246 g/mol. The van der Waals surface area contributed by atoms with Gasteiger partial charge in [0.15, 0.2) is 0 Å². The smallest absolute Gasteiger partial charge is 0.315 e. The quantitative estimate of drug-likeness (QED) is 0.670. The summed E-state index contributed by atoms with van der Waals surface area (Å²) in [6.45, 7) is 7.06. The number of amides is 2. The maximum atomic E-state index is 11.6. The number of hydrogen-bond donors (Lipinski definition) is 3. The van der Waals surface area contributed by atoms with Gasteiger partial charge in [-0.1, -0.05) is 13.8 Å². The average molecular weight is 271 g/mol. The molecule has 1 atom stereocenters. The van der Waals surface area contributed by atoms with E-state index in [0.717, 1.165) is 38.9 Å². The van der Waals surface area contributed by atoms with Gasteiger partial charge in [0.05, 0.1) is 5.92 Å². The Balaban J connectivity index is 2.18. The van der Waals surface area contributed by atoms with Gasteiger partial charge in [-0.05, 0) is 25.8 Å². The molecule has 0 radical (unpaired) electrons. The summed E-state index contributed by atoms with van der Waals surface area (Å²) in [4.78, 5) is 24.6. The summed E-state index contributed by atoms with van der Waals surface area (Å²) in [5.41, 5.74) is 0. The highest BCUT2D eigenvalue weighted by atomic mass is 16.4. The largest absolute Gasteiger partial charge is 0.481 e. The summed E-state index contributed by atoms with van der Waals surface area (Å²) in [5, 5.41) is 14.2. The van der Waals surface area contributed by atoms with Crippen LogP contribution >= 0.6 is 0 Å². The van der Waals surface area contributed by atoms with Crippen LogP contribution < -0.4 is 10.6 Å². The number of carboxylic acids is 1. The van der Waals surface area contributed by atoms with Crippen molar-refractivity contribution in [1.29, 1.82) is 0 Å². The number of carbonyl (C=O) groups excluding carboxylic acids is 1. The van der Waals surface area contributed by atoms with Gasteiger partial charge in [-0.25, -0.2) is 4.79 Å². The summed E-state index contributed by atoms with van der Waals surface area (Å²) in [6, 6.07) is -0.0599. The minimum Gasteiger partial charge on any atom is -0.481 e. The second-order valence-electron chi connectivity index (χ2n) is 5.21. The molecule has 3 N–H and O–H groups in total. The predicted octanol–water partition coefficient (Wildman–Crippen LogP) is 0.881. The van der Waals surface area contributed by atoms with Gasteiger partial charge in [0.25, 0.3) is 0 Å². The first-order chi connectivity index (χ1) is 9.02. The van der Waals surface area contributed by atoms with E-state index in [2.05, 4.69) is 22.5 Å². The van der Waals surface area contributed by atoms with Crippen LogP contribution in [0.1, 0.15) is 33.1 Å². The molecule has 19 heavy (non-hydrogen) atoms. The average Bonchev–Trinajstić information content (AvgIpc) is 2.38. The molecule has 0 saturated carbocycles. The van der Waals surface area contributed by atoms with E-state index < -0.39 is 11.9 Å². The zero-order valence-electron chi connectivity index (χ0n) is 11.8. The molecular formula is C13H25N3O3. The monoisotopic (exact) mass is 271 g/mol. The summed E-state index contributed by atoms with van der Waals surface area (Å²) >= 11 is 0. The number of urea groups is 1. The molecule has 1 saturated heterocycles. The highest BCUT2D eigenvalue weighted by molar-refractivity contribution is 5.75. The van der Waals surface area contributed by atoms with Crippen LogP contribution in [0.25, 0.3) is 0 Å². The zero-order chi connectivity index (χ0) is 14.3. The van der Waals surface area contributed by atoms with Crippen LogP contribution in [-0.2, 0) is 4.79 Å². The van der Waals surface area contributed by atoms with Crippen LogP contribution in [0.3, 0.4) is 0 Å². The van der Waals surface area contributed by atoms with E-state index in [1.165, 1.54) is 0 Å². The molecule has 110 valence electrons. The molecule has 1 fully saturated rings. The summed E-state index contributed by atoms with van der Waals surface area (Å²) < 4.78 is 0. The fourth-order valence-electron chi connectivity index (χ4n) is 2.19. The molecule has 0 aromatic carbocycles. The Bertz CT molecular complexity index is 302. The van der Waals surface area contributed by atoms with Gasteiger partial charge in [0.1, 0.15) is 0 Å². The van der Waals surface area contributed by atoms with E-state index in [0.29, 0.717) is 0 Å². The van der Waals surface area contributed by atoms with E-state index in [1.54, 1.807) is 6.92 Å². The molecule has 0 aromatic rings. The maximum Gasteiger partial charge on any atom is 0.315 e. The molecule has 0 aliphatic carbocycles.